The molecule has 1 unspecified atom stereocenters. The molecule has 1 fully saturated rings. The van der Waals surface area contributed by atoms with Gasteiger partial charge < -0.3 is 31.1 Å². The predicted molar refractivity (Wildman–Crippen MR) is 160 cm³/mol. The van der Waals surface area contributed by atoms with Crippen LogP contribution in [0.1, 0.15) is 85.1 Å². The summed E-state index contributed by atoms with van der Waals surface area (Å²) in [7, 11) is 1.83. The van der Waals surface area contributed by atoms with Crippen molar-refractivity contribution in [2.24, 2.45) is 5.92 Å². The molecule has 224 valence electrons. The van der Waals surface area contributed by atoms with E-state index in [1.54, 1.807) is 12.1 Å². The van der Waals surface area contributed by atoms with Gasteiger partial charge in [-0.15, -0.1) is 0 Å². The van der Waals surface area contributed by atoms with Gasteiger partial charge in [0.15, 0.2) is 0 Å². The molecule has 0 aromatic heterocycles. The molecule has 1 saturated carbocycles. The van der Waals surface area contributed by atoms with Crippen LogP contribution in [0, 0.1) is 34.1 Å². The van der Waals surface area contributed by atoms with E-state index < -0.39 is 24.7 Å². The van der Waals surface area contributed by atoms with Gasteiger partial charge in [0.25, 0.3) is 0 Å². The molecule has 9 heteroatoms. The Morgan fingerprint density at radius 2 is 1.73 bits per heavy atom. The van der Waals surface area contributed by atoms with Gasteiger partial charge >= 0.3 is 31.4 Å². The number of carboxylic acid groups (broad SMARTS) is 1. The molecule has 2 aromatic rings. The SMILES string of the molecule is [CH2-]CC(C[CH2-])[C@@H](CCN(C)C(C(=O)O)c1cccc(C)c1C1CCC(OC(F)F)CC1)c1cc(Cl)ccc1Cl.[CH3-].[Li+]. The van der Waals surface area contributed by atoms with E-state index in [1.807, 2.05) is 43.1 Å². The van der Waals surface area contributed by atoms with E-state index >= 15 is 0 Å². The molecule has 0 saturated heterocycles. The molecule has 4 nitrogen and oxygen atoms in total. The monoisotopic (exact) mass is 603 g/mol. The molecule has 1 aliphatic rings. The second-order valence-corrected chi connectivity index (χ2v) is 11.4. The molecule has 0 radical (unpaired) electrons. The summed E-state index contributed by atoms with van der Waals surface area (Å²) < 4.78 is 30.2. The number of nitrogens with zero attached hydrogens (tertiary/aromatic N) is 1. The maximum Gasteiger partial charge on any atom is 1.00 e. The minimum Gasteiger partial charge on any atom is -0.480 e. The van der Waals surface area contributed by atoms with Crippen molar-refractivity contribution in [1.82, 2.24) is 4.90 Å². The maximum absolute atomic E-state index is 12.7. The van der Waals surface area contributed by atoms with Gasteiger partial charge in [-0.05, 0) is 105 Å². The van der Waals surface area contributed by atoms with Gasteiger partial charge in [-0.2, -0.15) is 21.6 Å². The van der Waals surface area contributed by atoms with Crippen LogP contribution >= 0.6 is 23.2 Å². The molecule has 2 aromatic carbocycles. The van der Waals surface area contributed by atoms with Gasteiger partial charge in [0.2, 0.25) is 0 Å². The molecule has 3 rings (SSSR count). The number of carbonyl (C=O) groups is 1. The van der Waals surface area contributed by atoms with Crippen molar-refractivity contribution in [1.29, 1.82) is 0 Å². The first-order valence-electron chi connectivity index (χ1n) is 13.6. The third-order valence-corrected chi connectivity index (χ3v) is 8.75. The Bertz CT molecular complexity index is 1090. The van der Waals surface area contributed by atoms with E-state index in [0.717, 1.165) is 22.3 Å². The quantitative estimate of drug-likeness (QED) is 0.215. The normalized spacial score (nSPS) is 18.6. The zero-order valence-corrected chi connectivity index (χ0v) is 26.2. The van der Waals surface area contributed by atoms with Crippen molar-refractivity contribution >= 4 is 29.2 Å². The number of rotatable bonds is 13. The van der Waals surface area contributed by atoms with E-state index in [1.165, 1.54) is 0 Å². The molecule has 1 N–H and O–H groups in total. The van der Waals surface area contributed by atoms with Gasteiger partial charge in [0.1, 0.15) is 6.04 Å². The van der Waals surface area contributed by atoms with Gasteiger partial charge in [-0.1, -0.05) is 47.3 Å². The van der Waals surface area contributed by atoms with Crippen molar-refractivity contribution in [2.45, 2.75) is 82.5 Å². The molecular formula is C32H42Cl2F2LiNO3-2. The molecule has 0 amide bonds. The van der Waals surface area contributed by atoms with Gasteiger partial charge in [0, 0.05) is 10.0 Å². The standard InChI is InChI=1S/C31H39Cl2F2NO3.CH3.Li/c1-5-20(6-2)24(26-18-22(32)12-15-27(26)33)16-17-36(4)29(30(37)38)25-9-7-8-19(3)28(25)21-10-13-23(14-11-21)39-31(34)35;;/h7-9,12,15,18,20-21,23-24,29,31H,1-2,5-6,10-11,13-14,16-17H2,3-4H3,(H,37,38);1H3;/q-2;-1;+1/t21?,23?,24-,29?;;/m1../s1. The number of aryl methyl sites for hydroxylation is 1. The Balaban J connectivity index is 0.00000420. The zero-order valence-electron chi connectivity index (χ0n) is 24.7. The van der Waals surface area contributed by atoms with Crippen LogP contribution in [-0.2, 0) is 9.53 Å². The van der Waals surface area contributed by atoms with Crippen molar-refractivity contribution < 1.29 is 42.3 Å². The molecule has 0 aliphatic heterocycles. The summed E-state index contributed by atoms with van der Waals surface area (Å²) in [4.78, 5) is 14.6. The minimum atomic E-state index is -2.78. The van der Waals surface area contributed by atoms with Crippen LogP contribution in [0.4, 0.5) is 8.78 Å². The van der Waals surface area contributed by atoms with E-state index in [9.17, 15) is 18.7 Å². The third kappa shape index (κ3) is 9.95. The third-order valence-electron chi connectivity index (χ3n) is 8.17. The fourth-order valence-corrected chi connectivity index (χ4v) is 6.59. The summed E-state index contributed by atoms with van der Waals surface area (Å²) in [5, 5.41) is 11.6. The first kappa shape index (κ1) is 37.9. The summed E-state index contributed by atoms with van der Waals surface area (Å²) in [6, 6.07) is 10.3. The number of aliphatic carboxylic acids is 1. The van der Waals surface area contributed by atoms with Crippen LogP contribution in [0.2, 0.25) is 10.0 Å². The summed E-state index contributed by atoms with van der Waals surface area (Å²) in [6.45, 7) is 7.94. The largest absolute Gasteiger partial charge is 1.00 e. The van der Waals surface area contributed by atoms with Crippen LogP contribution in [-0.4, -0.2) is 42.3 Å². The van der Waals surface area contributed by atoms with Crippen molar-refractivity contribution in [3.05, 3.63) is 90.0 Å². The molecule has 0 bridgehead atoms. The van der Waals surface area contributed by atoms with Crippen LogP contribution in [0.25, 0.3) is 0 Å². The Kier molecular flexibility index (Phi) is 16.5. The summed E-state index contributed by atoms with van der Waals surface area (Å²) in [6.07, 6.45) is 3.94. The first-order valence-corrected chi connectivity index (χ1v) is 14.3. The Hall–Kier alpha value is -1.13. The number of hydrogen-bond donors (Lipinski definition) is 1. The molecule has 41 heavy (non-hydrogen) atoms. The molecule has 0 heterocycles. The fraction of sp³-hybridized carbons (Fsp3) is 0.500. The van der Waals surface area contributed by atoms with Crippen molar-refractivity contribution in [3.63, 3.8) is 0 Å². The fourth-order valence-electron chi connectivity index (χ4n) is 6.15. The number of alkyl halides is 2. The maximum atomic E-state index is 12.7. The molecule has 1 aliphatic carbocycles. The number of halogens is 4. The Labute approximate surface area is 267 Å². The van der Waals surface area contributed by atoms with E-state index in [0.29, 0.717) is 61.5 Å². The smallest absolute Gasteiger partial charge is 0.480 e. The van der Waals surface area contributed by atoms with Gasteiger partial charge in [-0.25, -0.2) is 0 Å². The van der Waals surface area contributed by atoms with E-state index in [4.69, 9.17) is 27.9 Å². The predicted octanol–water partition coefficient (Wildman–Crippen LogP) is 6.32. The first-order chi connectivity index (χ1) is 18.6. The van der Waals surface area contributed by atoms with Gasteiger partial charge in [0.05, 0.1) is 6.10 Å². The van der Waals surface area contributed by atoms with Gasteiger partial charge in [-0.3, -0.25) is 9.69 Å². The van der Waals surface area contributed by atoms with E-state index in [-0.39, 0.29) is 44.0 Å². The molecule has 0 spiro atoms. The summed E-state index contributed by atoms with van der Waals surface area (Å²) in [5.41, 5.74) is 3.71. The average molecular weight is 605 g/mol. The summed E-state index contributed by atoms with van der Waals surface area (Å²) >= 11 is 12.9. The zero-order chi connectivity index (χ0) is 28.7. The van der Waals surface area contributed by atoms with Crippen LogP contribution in [0.15, 0.2) is 36.4 Å². The van der Waals surface area contributed by atoms with Crippen LogP contribution in [0.3, 0.4) is 0 Å². The molecular weight excluding hydrogens is 562 g/mol. The van der Waals surface area contributed by atoms with Crippen molar-refractivity contribution in [2.75, 3.05) is 13.6 Å². The van der Waals surface area contributed by atoms with Crippen LogP contribution in [0.5, 0.6) is 0 Å². The minimum absolute atomic E-state index is 0. The Morgan fingerprint density at radius 3 is 2.29 bits per heavy atom. The number of benzene rings is 2. The van der Waals surface area contributed by atoms with Crippen LogP contribution < -0.4 is 18.9 Å². The number of carboxylic acids is 1. The second-order valence-electron chi connectivity index (χ2n) is 10.6. The summed E-state index contributed by atoms with van der Waals surface area (Å²) in [5.74, 6) is -0.654. The number of hydrogen-bond acceptors (Lipinski definition) is 3. The Morgan fingerprint density at radius 1 is 1.10 bits per heavy atom. The number of likely N-dealkylation sites (N-methyl/N-ethyl adjacent to an activating group) is 1. The second kappa shape index (κ2) is 17.9. The molecule has 2 atom stereocenters. The van der Waals surface area contributed by atoms with E-state index in [2.05, 4.69) is 13.8 Å². The van der Waals surface area contributed by atoms with Crippen molar-refractivity contribution in [3.8, 4) is 0 Å². The topological polar surface area (TPSA) is 49.8 Å². The average Bonchev–Trinajstić information content (AvgIpc) is 2.88. The number of ether oxygens (including phenoxy) is 1.